The summed E-state index contributed by atoms with van der Waals surface area (Å²) in [6.07, 6.45) is 2.04. The molecule has 0 saturated carbocycles. The van der Waals surface area contributed by atoms with Crippen LogP contribution in [0.4, 0.5) is 10.1 Å². The van der Waals surface area contributed by atoms with Crippen LogP contribution in [0.2, 0.25) is 0 Å². The van der Waals surface area contributed by atoms with Crippen molar-refractivity contribution in [3.63, 3.8) is 0 Å². The van der Waals surface area contributed by atoms with Gasteiger partial charge in [-0.3, -0.25) is 0 Å². The first-order valence-electron chi connectivity index (χ1n) is 6.62. The van der Waals surface area contributed by atoms with Crippen molar-refractivity contribution in [2.24, 2.45) is 5.73 Å². The number of nitrogens with zero attached hydrogens (tertiary/aromatic N) is 1. The number of hydrogen-bond acceptors (Lipinski definition) is 4. The molecule has 1 aromatic rings. The van der Waals surface area contributed by atoms with Gasteiger partial charge in [0.05, 0.1) is 12.3 Å². The molecule has 1 aliphatic heterocycles. The number of nitrogens with two attached hydrogens (primary N) is 1. The van der Waals surface area contributed by atoms with Gasteiger partial charge in [0, 0.05) is 32.3 Å². The predicted octanol–water partition coefficient (Wildman–Crippen LogP) is 1.78. The van der Waals surface area contributed by atoms with Crippen molar-refractivity contribution in [1.82, 2.24) is 0 Å². The van der Waals surface area contributed by atoms with Crippen LogP contribution in [0, 0.1) is 5.82 Å². The van der Waals surface area contributed by atoms with E-state index in [1.807, 2.05) is 0 Å². The fraction of sp³-hybridized carbons (Fsp3) is 0.571. The van der Waals surface area contributed by atoms with Gasteiger partial charge in [-0.05, 0) is 25.0 Å². The number of piperidine rings is 1. The number of methoxy groups -OCH3 is 1. The minimum atomic E-state index is -0.256. The van der Waals surface area contributed by atoms with Gasteiger partial charge < -0.3 is 20.1 Å². The Kier molecular flexibility index (Phi) is 4.99. The maximum absolute atomic E-state index is 13.4. The molecule has 0 aliphatic carbocycles. The van der Waals surface area contributed by atoms with E-state index < -0.39 is 0 Å². The van der Waals surface area contributed by atoms with Crippen LogP contribution in [-0.4, -0.2) is 39.5 Å². The highest BCUT2D eigenvalue weighted by molar-refractivity contribution is 5.59. The Bertz CT molecular complexity index is 414. The normalized spacial score (nSPS) is 19.5. The summed E-state index contributed by atoms with van der Waals surface area (Å²) in [5.74, 6) is 0.431. The summed E-state index contributed by atoms with van der Waals surface area (Å²) >= 11 is 0. The monoisotopic (exact) mass is 268 g/mol. The SMILES string of the molecule is COCCOc1ccc(F)cc1N1CCCC(N)C1. The molecule has 0 spiro atoms. The van der Waals surface area contributed by atoms with E-state index in [1.54, 1.807) is 13.2 Å². The molecule has 19 heavy (non-hydrogen) atoms. The molecule has 1 aromatic carbocycles. The van der Waals surface area contributed by atoms with Crippen molar-refractivity contribution in [1.29, 1.82) is 0 Å². The largest absolute Gasteiger partial charge is 0.489 e. The molecular formula is C14H21FN2O2. The number of halogens is 1. The average molecular weight is 268 g/mol. The Morgan fingerprint density at radius 3 is 3.00 bits per heavy atom. The molecule has 0 aromatic heterocycles. The van der Waals surface area contributed by atoms with Crippen molar-refractivity contribution in [2.75, 3.05) is 38.3 Å². The summed E-state index contributed by atoms with van der Waals surface area (Å²) in [6.45, 7) is 2.59. The highest BCUT2D eigenvalue weighted by Gasteiger charge is 2.20. The number of rotatable bonds is 5. The molecule has 1 saturated heterocycles. The van der Waals surface area contributed by atoms with Crippen LogP contribution in [-0.2, 0) is 4.74 Å². The lowest BCUT2D eigenvalue weighted by Gasteiger charge is -2.33. The fourth-order valence-corrected chi connectivity index (χ4v) is 2.32. The Morgan fingerprint density at radius 2 is 2.26 bits per heavy atom. The summed E-state index contributed by atoms with van der Waals surface area (Å²) in [4.78, 5) is 2.10. The maximum atomic E-state index is 13.4. The second kappa shape index (κ2) is 6.73. The summed E-state index contributed by atoms with van der Waals surface area (Å²) in [6, 6.07) is 4.74. The molecule has 106 valence electrons. The van der Waals surface area contributed by atoms with Gasteiger partial charge in [0.2, 0.25) is 0 Å². The maximum Gasteiger partial charge on any atom is 0.142 e. The Balaban J connectivity index is 2.13. The number of hydrogen-bond donors (Lipinski definition) is 1. The van der Waals surface area contributed by atoms with Gasteiger partial charge in [0.15, 0.2) is 0 Å². The zero-order valence-corrected chi connectivity index (χ0v) is 11.3. The number of ether oxygens (including phenoxy) is 2. The highest BCUT2D eigenvalue weighted by Crippen LogP contribution is 2.31. The molecule has 0 bridgehead atoms. The van der Waals surface area contributed by atoms with Crippen molar-refractivity contribution < 1.29 is 13.9 Å². The second-order valence-corrected chi connectivity index (χ2v) is 4.80. The van der Waals surface area contributed by atoms with Gasteiger partial charge in [-0.1, -0.05) is 0 Å². The first-order valence-corrected chi connectivity index (χ1v) is 6.62. The molecule has 1 unspecified atom stereocenters. The Hall–Kier alpha value is -1.33. The van der Waals surface area contributed by atoms with Gasteiger partial charge >= 0.3 is 0 Å². The molecule has 0 radical (unpaired) electrons. The van der Waals surface area contributed by atoms with Gasteiger partial charge in [0.25, 0.3) is 0 Å². The molecule has 4 nitrogen and oxygen atoms in total. The van der Waals surface area contributed by atoms with E-state index in [2.05, 4.69) is 4.90 Å². The van der Waals surface area contributed by atoms with Gasteiger partial charge in [-0.25, -0.2) is 4.39 Å². The zero-order chi connectivity index (χ0) is 13.7. The standard InChI is InChI=1S/C14H21FN2O2/c1-18-7-8-19-14-5-4-11(15)9-13(14)17-6-2-3-12(16)10-17/h4-5,9,12H,2-3,6-8,10,16H2,1H3. The first kappa shape index (κ1) is 14.1. The summed E-state index contributed by atoms with van der Waals surface area (Å²) in [7, 11) is 1.62. The molecule has 1 fully saturated rings. The van der Waals surface area contributed by atoms with Gasteiger partial charge in [0.1, 0.15) is 18.2 Å². The van der Waals surface area contributed by atoms with Gasteiger partial charge in [-0.15, -0.1) is 0 Å². The fourth-order valence-electron chi connectivity index (χ4n) is 2.32. The lowest BCUT2D eigenvalue weighted by atomic mass is 10.1. The summed E-state index contributed by atoms with van der Waals surface area (Å²) < 4.78 is 24.1. The molecule has 2 rings (SSSR count). The lowest BCUT2D eigenvalue weighted by Crippen LogP contribution is -2.43. The van der Waals surface area contributed by atoms with E-state index in [0.29, 0.717) is 19.0 Å². The third kappa shape index (κ3) is 3.81. The topological polar surface area (TPSA) is 47.7 Å². The number of anilines is 1. The van der Waals surface area contributed by atoms with E-state index in [-0.39, 0.29) is 11.9 Å². The minimum Gasteiger partial charge on any atom is -0.489 e. The minimum absolute atomic E-state index is 0.142. The van der Waals surface area contributed by atoms with Crippen LogP contribution in [0.25, 0.3) is 0 Å². The third-order valence-corrected chi connectivity index (χ3v) is 3.26. The molecule has 1 heterocycles. The Labute approximate surface area is 113 Å². The van der Waals surface area contributed by atoms with E-state index in [0.717, 1.165) is 31.6 Å². The third-order valence-electron chi connectivity index (χ3n) is 3.26. The smallest absolute Gasteiger partial charge is 0.142 e. The van der Waals surface area contributed by atoms with Crippen molar-refractivity contribution in [3.05, 3.63) is 24.0 Å². The van der Waals surface area contributed by atoms with Crippen LogP contribution in [0.5, 0.6) is 5.75 Å². The molecule has 1 atom stereocenters. The summed E-state index contributed by atoms with van der Waals surface area (Å²) in [5.41, 5.74) is 6.76. The summed E-state index contributed by atoms with van der Waals surface area (Å²) in [5, 5.41) is 0. The van der Waals surface area contributed by atoms with Crippen molar-refractivity contribution in [2.45, 2.75) is 18.9 Å². The molecule has 0 amide bonds. The number of benzene rings is 1. The van der Waals surface area contributed by atoms with Crippen LogP contribution >= 0.6 is 0 Å². The van der Waals surface area contributed by atoms with Crippen molar-refractivity contribution in [3.8, 4) is 5.75 Å². The zero-order valence-electron chi connectivity index (χ0n) is 11.3. The van der Waals surface area contributed by atoms with Crippen LogP contribution < -0.4 is 15.4 Å². The van der Waals surface area contributed by atoms with E-state index >= 15 is 0 Å². The van der Waals surface area contributed by atoms with Crippen LogP contribution in [0.3, 0.4) is 0 Å². The molecule has 1 aliphatic rings. The molecule has 2 N–H and O–H groups in total. The lowest BCUT2D eigenvalue weighted by molar-refractivity contribution is 0.146. The van der Waals surface area contributed by atoms with E-state index in [4.69, 9.17) is 15.2 Å². The second-order valence-electron chi connectivity index (χ2n) is 4.80. The average Bonchev–Trinajstić information content (AvgIpc) is 2.40. The first-order chi connectivity index (χ1) is 9.20. The van der Waals surface area contributed by atoms with Crippen molar-refractivity contribution >= 4 is 5.69 Å². The molecular weight excluding hydrogens is 247 g/mol. The Morgan fingerprint density at radius 1 is 1.42 bits per heavy atom. The van der Waals surface area contributed by atoms with E-state index in [1.165, 1.54) is 12.1 Å². The highest BCUT2D eigenvalue weighted by atomic mass is 19.1. The van der Waals surface area contributed by atoms with E-state index in [9.17, 15) is 4.39 Å². The predicted molar refractivity (Wildman–Crippen MR) is 73.2 cm³/mol. The van der Waals surface area contributed by atoms with Crippen LogP contribution in [0.15, 0.2) is 18.2 Å². The van der Waals surface area contributed by atoms with Crippen LogP contribution in [0.1, 0.15) is 12.8 Å². The van der Waals surface area contributed by atoms with Gasteiger partial charge in [-0.2, -0.15) is 0 Å². The quantitative estimate of drug-likeness (QED) is 0.827. The molecule has 5 heteroatoms.